The number of carbonyl (C=O) groups excluding carboxylic acids is 4. The number of methoxy groups -OCH3 is 2. The molecule has 0 aliphatic carbocycles. The maximum Gasteiger partial charge on any atom is 0.339 e. The molecular weight excluding hydrogens is 332 g/mol. The third kappa shape index (κ3) is 5.28. The molecule has 1 aromatic carbocycles. The van der Waals surface area contributed by atoms with Crippen LogP contribution >= 0.6 is 0 Å². The smallest absolute Gasteiger partial charge is 0.339 e. The number of anilines is 1. The minimum absolute atomic E-state index is 0.0366. The van der Waals surface area contributed by atoms with E-state index in [2.05, 4.69) is 20.1 Å². The Bertz CT molecular complexity index is 668. The molecule has 1 aromatic rings. The minimum atomic E-state index is -1.06. The Hall–Kier alpha value is -2.94. The zero-order valence-corrected chi connectivity index (χ0v) is 14.1. The number of amides is 2. The molecule has 9 nitrogen and oxygen atoms in total. The highest BCUT2D eigenvalue weighted by molar-refractivity contribution is 6.40. The van der Waals surface area contributed by atoms with E-state index in [1.54, 1.807) is 6.92 Å². The van der Waals surface area contributed by atoms with Crippen molar-refractivity contribution in [2.75, 3.05) is 26.1 Å². The average Bonchev–Trinajstić information content (AvgIpc) is 2.64. The summed E-state index contributed by atoms with van der Waals surface area (Å²) in [6.45, 7) is 1.41. The van der Waals surface area contributed by atoms with Gasteiger partial charge in [0.05, 0.1) is 43.7 Å². The van der Waals surface area contributed by atoms with Crippen molar-refractivity contribution in [3.8, 4) is 0 Å². The van der Waals surface area contributed by atoms with E-state index < -0.39 is 29.8 Å². The number of nitrogens with one attached hydrogen (secondary N) is 2. The number of carbonyl (C=O) groups is 4. The topological polar surface area (TPSA) is 131 Å². The van der Waals surface area contributed by atoms with Gasteiger partial charge in [0.25, 0.3) is 0 Å². The van der Waals surface area contributed by atoms with Gasteiger partial charge in [-0.25, -0.2) is 9.59 Å². The van der Waals surface area contributed by atoms with E-state index >= 15 is 0 Å². The number of benzene rings is 1. The monoisotopic (exact) mass is 352 g/mol. The number of rotatable bonds is 6. The highest BCUT2D eigenvalue weighted by Gasteiger charge is 2.21. The molecule has 25 heavy (non-hydrogen) atoms. The predicted molar refractivity (Wildman–Crippen MR) is 87.1 cm³/mol. The van der Waals surface area contributed by atoms with Gasteiger partial charge in [0.1, 0.15) is 0 Å². The van der Waals surface area contributed by atoms with Crippen LogP contribution in [0.2, 0.25) is 0 Å². The fourth-order valence-electron chi connectivity index (χ4n) is 1.89. The van der Waals surface area contributed by atoms with Crippen molar-refractivity contribution in [3.05, 3.63) is 29.3 Å². The second-order valence-corrected chi connectivity index (χ2v) is 4.96. The molecule has 0 radical (unpaired) electrons. The molecule has 136 valence electrons. The molecule has 0 saturated carbocycles. The summed E-state index contributed by atoms with van der Waals surface area (Å²) >= 11 is 0. The van der Waals surface area contributed by atoms with E-state index in [0.717, 1.165) is 7.11 Å². The van der Waals surface area contributed by atoms with Crippen LogP contribution in [0.5, 0.6) is 0 Å². The van der Waals surface area contributed by atoms with Gasteiger partial charge in [-0.2, -0.15) is 0 Å². The van der Waals surface area contributed by atoms with Crippen molar-refractivity contribution < 1.29 is 33.8 Å². The number of aliphatic hydroxyl groups excluding tert-OH is 1. The first-order valence-corrected chi connectivity index (χ1v) is 7.41. The lowest BCUT2D eigenvalue weighted by Gasteiger charge is -2.15. The Morgan fingerprint density at radius 3 is 2.24 bits per heavy atom. The minimum Gasteiger partial charge on any atom is -0.465 e. The van der Waals surface area contributed by atoms with E-state index in [0.29, 0.717) is 6.42 Å². The van der Waals surface area contributed by atoms with Gasteiger partial charge in [-0.3, -0.25) is 9.59 Å². The third-order valence-electron chi connectivity index (χ3n) is 3.35. The lowest BCUT2D eigenvalue weighted by Crippen LogP contribution is -2.43. The predicted octanol–water partition coefficient (Wildman–Crippen LogP) is 0.0854. The van der Waals surface area contributed by atoms with Gasteiger partial charge in [0.2, 0.25) is 0 Å². The Morgan fingerprint density at radius 1 is 1.08 bits per heavy atom. The zero-order chi connectivity index (χ0) is 19.0. The summed E-state index contributed by atoms with van der Waals surface area (Å²) in [6.07, 6.45) is 0.431. The van der Waals surface area contributed by atoms with E-state index in [4.69, 9.17) is 5.11 Å². The quantitative estimate of drug-likeness (QED) is 0.488. The van der Waals surface area contributed by atoms with Crippen molar-refractivity contribution in [3.63, 3.8) is 0 Å². The Kier molecular flexibility index (Phi) is 7.54. The largest absolute Gasteiger partial charge is 0.465 e. The SMILES string of the molecule is CCC(CO)NC(=O)C(=O)Nc1cc(C(=O)OC)ccc1C(=O)OC. The summed E-state index contributed by atoms with van der Waals surface area (Å²) in [5.41, 5.74) is -0.0369. The summed E-state index contributed by atoms with van der Waals surface area (Å²) in [4.78, 5) is 47.3. The molecule has 0 aliphatic heterocycles. The molecule has 1 unspecified atom stereocenters. The highest BCUT2D eigenvalue weighted by Crippen LogP contribution is 2.19. The van der Waals surface area contributed by atoms with Crippen molar-refractivity contribution >= 4 is 29.4 Å². The molecule has 0 aromatic heterocycles. The van der Waals surface area contributed by atoms with Gasteiger partial charge in [-0.05, 0) is 24.6 Å². The fourth-order valence-corrected chi connectivity index (χ4v) is 1.89. The fraction of sp³-hybridized carbons (Fsp3) is 0.375. The molecule has 0 saturated heterocycles. The maximum absolute atomic E-state index is 12.0. The molecule has 9 heteroatoms. The van der Waals surface area contributed by atoms with Crippen molar-refractivity contribution in [1.29, 1.82) is 0 Å². The van der Waals surface area contributed by atoms with Gasteiger partial charge in [-0.1, -0.05) is 6.92 Å². The van der Waals surface area contributed by atoms with Gasteiger partial charge < -0.3 is 25.2 Å². The molecule has 3 N–H and O–H groups in total. The summed E-state index contributed by atoms with van der Waals surface area (Å²) in [6, 6.07) is 3.23. The van der Waals surface area contributed by atoms with Crippen molar-refractivity contribution in [2.24, 2.45) is 0 Å². The maximum atomic E-state index is 12.0. The lowest BCUT2D eigenvalue weighted by atomic mass is 10.1. The number of ether oxygens (including phenoxy) is 2. The molecule has 0 aliphatic rings. The number of hydrogen-bond donors (Lipinski definition) is 3. The first kappa shape index (κ1) is 20.1. The Labute approximate surface area is 144 Å². The van der Waals surface area contributed by atoms with Crippen LogP contribution in [0.25, 0.3) is 0 Å². The van der Waals surface area contributed by atoms with Gasteiger partial charge in [0, 0.05) is 0 Å². The average molecular weight is 352 g/mol. The summed E-state index contributed by atoms with van der Waals surface area (Å²) in [7, 11) is 2.34. The molecule has 0 fully saturated rings. The second kappa shape index (κ2) is 9.38. The van der Waals surface area contributed by atoms with Crippen molar-refractivity contribution in [2.45, 2.75) is 19.4 Å². The van der Waals surface area contributed by atoms with Crippen LogP contribution in [-0.4, -0.2) is 55.7 Å². The van der Waals surface area contributed by atoms with E-state index in [-0.39, 0.29) is 23.4 Å². The van der Waals surface area contributed by atoms with E-state index in [1.165, 1.54) is 25.3 Å². The molecule has 1 rings (SSSR count). The molecule has 0 bridgehead atoms. The molecule has 0 heterocycles. The van der Waals surface area contributed by atoms with Gasteiger partial charge in [-0.15, -0.1) is 0 Å². The molecule has 0 spiro atoms. The van der Waals surface area contributed by atoms with Crippen LogP contribution in [0.4, 0.5) is 5.69 Å². The van der Waals surface area contributed by atoms with Crippen LogP contribution in [0, 0.1) is 0 Å². The normalized spacial score (nSPS) is 11.2. The van der Waals surface area contributed by atoms with Crippen LogP contribution in [0.15, 0.2) is 18.2 Å². The first-order valence-electron chi connectivity index (χ1n) is 7.41. The van der Waals surface area contributed by atoms with E-state index in [1.807, 2.05) is 0 Å². The number of hydrogen-bond acceptors (Lipinski definition) is 7. The lowest BCUT2D eigenvalue weighted by molar-refractivity contribution is -0.136. The summed E-state index contributed by atoms with van der Waals surface area (Å²) in [5, 5.41) is 13.7. The van der Waals surface area contributed by atoms with Crippen LogP contribution < -0.4 is 10.6 Å². The molecule has 1 atom stereocenters. The highest BCUT2D eigenvalue weighted by atomic mass is 16.5. The second-order valence-electron chi connectivity index (χ2n) is 4.96. The van der Waals surface area contributed by atoms with Gasteiger partial charge >= 0.3 is 23.8 Å². The third-order valence-corrected chi connectivity index (χ3v) is 3.35. The summed E-state index contributed by atoms with van der Waals surface area (Å²) < 4.78 is 9.18. The van der Waals surface area contributed by atoms with Crippen molar-refractivity contribution in [1.82, 2.24) is 5.32 Å². The first-order chi connectivity index (χ1) is 11.9. The Morgan fingerprint density at radius 2 is 1.72 bits per heavy atom. The Balaban J connectivity index is 3.07. The zero-order valence-electron chi connectivity index (χ0n) is 14.1. The number of esters is 2. The standard InChI is InChI=1S/C16H20N2O7/c1-4-10(8-19)17-13(20)14(21)18-12-7-9(15(22)24-2)5-6-11(12)16(23)25-3/h5-7,10,19H,4,8H2,1-3H3,(H,17,20)(H,18,21). The van der Waals surface area contributed by atoms with Crippen LogP contribution in [0.3, 0.4) is 0 Å². The van der Waals surface area contributed by atoms with Crippen LogP contribution in [-0.2, 0) is 19.1 Å². The van der Waals surface area contributed by atoms with Crippen LogP contribution in [0.1, 0.15) is 34.1 Å². The molecular formula is C16H20N2O7. The van der Waals surface area contributed by atoms with Gasteiger partial charge in [0.15, 0.2) is 0 Å². The number of aliphatic hydroxyl groups is 1. The molecule has 2 amide bonds. The summed E-state index contributed by atoms with van der Waals surface area (Å²) in [5.74, 6) is -3.48. The van der Waals surface area contributed by atoms with E-state index in [9.17, 15) is 19.2 Å².